The number of ketones is 1. The number of hydrogen-bond donors (Lipinski definition) is 0. The molecule has 0 radical (unpaired) electrons. The molecule has 0 bridgehead atoms. The summed E-state index contributed by atoms with van der Waals surface area (Å²) in [6, 6.07) is 0. The molecule has 0 aromatic rings. The standard InChI is InChI=1S/C18H32O4Si/c1-14-10-8-7-9-11-16(15(19)12-13-17(20)21-14)22-23(5,6)18(2,3)4/h12-14,16H,7-11H2,1-6H3/b13-12-/t14-,16+/m0/s1. The Labute approximate surface area is 141 Å². The molecule has 132 valence electrons. The van der Waals surface area contributed by atoms with Gasteiger partial charge >= 0.3 is 5.97 Å². The third kappa shape index (κ3) is 6.59. The molecule has 0 fully saturated rings. The van der Waals surface area contributed by atoms with Gasteiger partial charge in [-0.25, -0.2) is 4.79 Å². The number of ether oxygens (including phenoxy) is 1. The summed E-state index contributed by atoms with van der Waals surface area (Å²) >= 11 is 0. The van der Waals surface area contributed by atoms with E-state index >= 15 is 0 Å². The smallest absolute Gasteiger partial charge is 0.331 e. The topological polar surface area (TPSA) is 52.6 Å². The van der Waals surface area contributed by atoms with Crippen LogP contribution in [0.2, 0.25) is 18.1 Å². The predicted octanol–water partition coefficient (Wildman–Crippen LogP) is 4.40. The fraction of sp³-hybridized carbons (Fsp3) is 0.778. The van der Waals surface area contributed by atoms with Gasteiger partial charge in [0.05, 0.1) is 6.10 Å². The summed E-state index contributed by atoms with van der Waals surface area (Å²) in [7, 11) is -2.02. The monoisotopic (exact) mass is 340 g/mol. The van der Waals surface area contributed by atoms with Crippen LogP contribution in [0, 0.1) is 0 Å². The second kappa shape index (κ2) is 8.24. The van der Waals surface area contributed by atoms with Crippen LogP contribution in [0.25, 0.3) is 0 Å². The van der Waals surface area contributed by atoms with Crippen LogP contribution in [0.15, 0.2) is 12.2 Å². The van der Waals surface area contributed by atoms with E-state index in [0.717, 1.165) is 32.1 Å². The van der Waals surface area contributed by atoms with Crippen LogP contribution in [0.1, 0.15) is 59.8 Å². The van der Waals surface area contributed by atoms with Crippen LogP contribution >= 0.6 is 0 Å². The van der Waals surface area contributed by atoms with Crippen molar-refractivity contribution in [2.45, 2.75) is 90.1 Å². The van der Waals surface area contributed by atoms with Crippen LogP contribution in [0.3, 0.4) is 0 Å². The highest BCUT2D eigenvalue weighted by molar-refractivity contribution is 6.74. The molecule has 0 saturated carbocycles. The Balaban J connectivity index is 2.87. The van der Waals surface area contributed by atoms with Crippen LogP contribution < -0.4 is 0 Å². The molecule has 0 aromatic carbocycles. The maximum absolute atomic E-state index is 12.5. The Hall–Kier alpha value is -0.943. The fourth-order valence-corrected chi connectivity index (χ4v) is 3.58. The predicted molar refractivity (Wildman–Crippen MR) is 94.9 cm³/mol. The van der Waals surface area contributed by atoms with Crippen LogP contribution in [-0.2, 0) is 18.8 Å². The van der Waals surface area contributed by atoms with Crippen molar-refractivity contribution < 1.29 is 18.8 Å². The first-order chi connectivity index (χ1) is 10.5. The molecule has 0 unspecified atom stereocenters. The summed E-state index contributed by atoms with van der Waals surface area (Å²) < 4.78 is 11.6. The van der Waals surface area contributed by atoms with E-state index in [0.29, 0.717) is 0 Å². The summed E-state index contributed by atoms with van der Waals surface area (Å²) in [5.74, 6) is -0.572. The van der Waals surface area contributed by atoms with Gasteiger partial charge in [-0.15, -0.1) is 0 Å². The van der Waals surface area contributed by atoms with Gasteiger partial charge in [-0.2, -0.15) is 0 Å². The van der Waals surface area contributed by atoms with Crippen molar-refractivity contribution in [2.75, 3.05) is 0 Å². The lowest BCUT2D eigenvalue weighted by atomic mass is 10.0. The highest BCUT2D eigenvalue weighted by Gasteiger charge is 2.40. The van der Waals surface area contributed by atoms with Crippen LogP contribution in [0.5, 0.6) is 0 Å². The fourth-order valence-electron chi connectivity index (χ4n) is 2.28. The van der Waals surface area contributed by atoms with Gasteiger partial charge in [0.25, 0.3) is 0 Å². The second-order valence-corrected chi connectivity index (χ2v) is 12.7. The average Bonchev–Trinajstić information content (AvgIpc) is 2.40. The third-order valence-corrected chi connectivity index (χ3v) is 9.32. The highest BCUT2D eigenvalue weighted by atomic mass is 28.4. The molecule has 1 aliphatic rings. The van der Waals surface area contributed by atoms with Gasteiger partial charge in [-0.05, 0) is 50.4 Å². The van der Waals surface area contributed by atoms with Gasteiger partial charge in [0, 0.05) is 6.08 Å². The van der Waals surface area contributed by atoms with Gasteiger partial charge in [0.15, 0.2) is 14.1 Å². The van der Waals surface area contributed by atoms with E-state index in [1.165, 1.54) is 12.2 Å². The molecule has 4 nitrogen and oxygen atoms in total. The van der Waals surface area contributed by atoms with E-state index in [1.54, 1.807) is 0 Å². The first kappa shape index (κ1) is 20.1. The van der Waals surface area contributed by atoms with Crippen LogP contribution in [0.4, 0.5) is 0 Å². The molecule has 0 aromatic heterocycles. The van der Waals surface area contributed by atoms with E-state index in [9.17, 15) is 9.59 Å². The molecule has 0 spiro atoms. The van der Waals surface area contributed by atoms with E-state index in [-0.39, 0.29) is 16.9 Å². The maximum atomic E-state index is 12.5. The zero-order valence-corrected chi connectivity index (χ0v) is 16.5. The van der Waals surface area contributed by atoms with Gasteiger partial charge in [0.2, 0.25) is 0 Å². The summed E-state index contributed by atoms with van der Waals surface area (Å²) in [4.78, 5) is 24.2. The zero-order chi connectivity index (χ0) is 17.7. The van der Waals surface area contributed by atoms with Gasteiger partial charge in [-0.3, -0.25) is 4.79 Å². The van der Waals surface area contributed by atoms with Crippen LogP contribution in [-0.4, -0.2) is 32.3 Å². The summed E-state index contributed by atoms with van der Waals surface area (Å²) in [6.07, 6.45) is 6.59. The lowest BCUT2D eigenvalue weighted by Crippen LogP contribution is -2.45. The molecule has 5 heteroatoms. The SMILES string of the molecule is C[C@H]1CCCCC[C@@H](O[Si](C)(C)C(C)(C)C)C(=O)/C=C\C(=O)O1. The first-order valence-corrected chi connectivity index (χ1v) is 11.5. The average molecular weight is 341 g/mol. The van der Waals surface area contributed by atoms with E-state index in [4.69, 9.17) is 9.16 Å². The summed E-state index contributed by atoms with van der Waals surface area (Å²) in [5.41, 5.74) is 0. The molecule has 0 saturated heterocycles. The Kier molecular flexibility index (Phi) is 7.20. The third-order valence-electron chi connectivity index (χ3n) is 4.84. The second-order valence-electron chi connectivity index (χ2n) is 7.99. The molecule has 1 aliphatic heterocycles. The summed E-state index contributed by atoms with van der Waals surface area (Å²) in [6.45, 7) is 12.7. The zero-order valence-electron chi connectivity index (χ0n) is 15.5. The van der Waals surface area contributed by atoms with E-state index < -0.39 is 20.4 Å². The van der Waals surface area contributed by atoms with Crippen molar-refractivity contribution >= 4 is 20.1 Å². The number of carbonyl (C=O) groups is 2. The molecule has 2 atom stereocenters. The first-order valence-electron chi connectivity index (χ1n) is 8.63. The minimum Gasteiger partial charge on any atom is -0.460 e. The van der Waals surface area contributed by atoms with E-state index in [2.05, 4.69) is 33.9 Å². The minimum atomic E-state index is -2.02. The van der Waals surface area contributed by atoms with Gasteiger partial charge in [-0.1, -0.05) is 33.6 Å². The Morgan fingerprint density at radius 2 is 1.70 bits per heavy atom. The van der Waals surface area contributed by atoms with Crippen molar-refractivity contribution in [3.8, 4) is 0 Å². The number of rotatable bonds is 2. The Morgan fingerprint density at radius 3 is 2.30 bits per heavy atom. The molecule has 1 heterocycles. The van der Waals surface area contributed by atoms with E-state index in [1.807, 2.05) is 6.92 Å². The number of carbonyl (C=O) groups excluding carboxylic acids is 2. The molecular formula is C18H32O4Si. The number of esters is 1. The van der Waals surface area contributed by atoms with Crippen molar-refractivity contribution in [3.63, 3.8) is 0 Å². The lowest BCUT2D eigenvalue weighted by Gasteiger charge is -2.38. The normalized spacial score (nSPS) is 26.9. The molecule has 0 aliphatic carbocycles. The molecule has 0 N–H and O–H groups in total. The lowest BCUT2D eigenvalue weighted by molar-refractivity contribution is -0.142. The molecule has 0 amide bonds. The van der Waals surface area contributed by atoms with Crippen molar-refractivity contribution in [1.29, 1.82) is 0 Å². The number of hydrogen-bond acceptors (Lipinski definition) is 4. The Morgan fingerprint density at radius 1 is 1.09 bits per heavy atom. The quantitative estimate of drug-likeness (QED) is 0.552. The van der Waals surface area contributed by atoms with Crippen molar-refractivity contribution in [1.82, 2.24) is 0 Å². The number of cyclic esters (lactones) is 1. The molecule has 23 heavy (non-hydrogen) atoms. The summed E-state index contributed by atoms with van der Waals surface area (Å²) in [5, 5.41) is 0.0506. The molecule has 1 rings (SSSR count). The largest absolute Gasteiger partial charge is 0.460 e. The maximum Gasteiger partial charge on any atom is 0.331 e. The van der Waals surface area contributed by atoms with Crippen molar-refractivity contribution in [2.24, 2.45) is 0 Å². The highest BCUT2D eigenvalue weighted by Crippen LogP contribution is 2.38. The van der Waals surface area contributed by atoms with Crippen molar-refractivity contribution in [3.05, 3.63) is 12.2 Å². The van der Waals surface area contributed by atoms with Gasteiger partial charge < -0.3 is 9.16 Å². The minimum absolute atomic E-state index is 0.0506. The van der Waals surface area contributed by atoms with Gasteiger partial charge in [0.1, 0.15) is 6.10 Å². The molecular weight excluding hydrogens is 308 g/mol. The Bertz CT molecular complexity index is 448.